The molecule has 0 saturated carbocycles. The summed E-state index contributed by atoms with van der Waals surface area (Å²) in [5, 5.41) is 9.03. The fourth-order valence-electron chi connectivity index (χ4n) is 3.73. The Balaban J connectivity index is 1.63. The maximum atomic E-state index is 9.03. The molecule has 0 bridgehead atoms. The van der Waals surface area contributed by atoms with Crippen molar-refractivity contribution in [2.45, 2.75) is 22.8 Å². The van der Waals surface area contributed by atoms with Gasteiger partial charge in [-0.25, -0.2) is 0 Å². The van der Waals surface area contributed by atoms with Crippen molar-refractivity contribution in [2.75, 3.05) is 19.5 Å². The molecule has 6 heteroatoms. The molecule has 136 valence electrons. The highest BCUT2D eigenvalue weighted by molar-refractivity contribution is 8.00. The molecule has 2 aliphatic heterocycles. The van der Waals surface area contributed by atoms with Crippen LogP contribution in [0.2, 0.25) is 0 Å². The van der Waals surface area contributed by atoms with Crippen LogP contribution in [0.4, 0.5) is 0 Å². The summed E-state index contributed by atoms with van der Waals surface area (Å²) in [5.74, 6) is -0.741. The third kappa shape index (κ3) is 2.77. The van der Waals surface area contributed by atoms with Gasteiger partial charge in [-0.1, -0.05) is 12.1 Å². The van der Waals surface area contributed by atoms with Crippen molar-refractivity contribution in [1.82, 2.24) is 0 Å². The molecule has 0 fully saturated rings. The molecule has 1 unspecified atom stereocenters. The van der Waals surface area contributed by atoms with Gasteiger partial charge in [0.2, 0.25) is 5.79 Å². The Bertz CT molecular complexity index is 1040. The molecule has 1 atom stereocenters. The molecule has 5 rings (SSSR count). The van der Waals surface area contributed by atoms with E-state index in [9.17, 15) is 0 Å². The zero-order chi connectivity index (χ0) is 18.4. The smallest absolute Gasteiger partial charge is 0.242 e. The monoisotopic (exact) mass is 411 g/mol. The van der Waals surface area contributed by atoms with Gasteiger partial charge in [0.05, 0.1) is 38.8 Å². The van der Waals surface area contributed by atoms with Gasteiger partial charge in [-0.3, -0.25) is 0 Å². The summed E-state index contributed by atoms with van der Waals surface area (Å²) in [6.07, 6.45) is 3.97. The second-order valence-electron chi connectivity index (χ2n) is 6.59. The van der Waals surface area contributed by atoms with Gasteiger partial charge >= 0.3 is 0 Å². The van der Waals surface area contributed by atoms with Crippen LogP contribution in [0.1, 0.15) is 26.4 Å². The molecular weight excluding hydrogens is 394 g/mol. The lowest BCUT2D eigenvalue weighted by molar-refractivity contribution is -0.225. The number of nitriles is 1. The van der Waals surface area contributed by atoms with Crippen molar-refractivity contribution in [2.24, 2.45) is 0 Å². The van der Waals surface area contributed by atoms with Crippen molar-refractivity contribution in [3.63, 3.8) is 0 Å². The molecule has 0 aliphatic carbocycles. The number of hydrogen-bond donors (Lipinski definition) is 0. The fourth-order valence-corrected chi connectivity index (χ4v) is 7.01. The van der Waals surface area contributed by atoms with Gasteiger partial charge in [0.15, 0.2) is 0 Å². The van der Waals surface area contributed by atoms with Gasteiger partial charge in [-0.05, 0) is 60.1 Å². The minimum Gasteiger partial charge on any atom is -0.341 e. The third-order valence-corrected chi connectivity index (χ3v) is 8.68. The summed E-state index contributed by atoms with van der Waals surface area (Å²) < 4.78 is 14.0. The van der Waals surface area contributed by atoms with Crippen molar-refractivity contribution in [3.8, 4) is 16.5 Å². The number of fused-ring (bicyclic) bond motifs is 4. The van der Waals surface area contributed by atoms with E-state index in [0.29, 0.717) is 18.8 Å². The summed E-state index contributed by atoms with van der Waals surface area (Å²) in [4.78, 5) is 3.60. The van der Waals surface area contributed by atoms with E-state index in [1.165, 1.54) is 30.0 Å². The van der Waals surface area contributed by atoms with Crippen LogP contribution in [-0.2, 0) is 28.1 Å². The number of thioether (sulfide) groups is 1. The second-order valence-corrected chi connectivity index (χ2v) is 9.80. The fraction of sp³-hybridized carbons (Fsp3) is 0.286. The van der Waals surface area contributed by atoms with E-state index < -0.39 is 5.79 Å². The number of ether oxygens (including phenoxy) is 2. The number of thiophene rings is 2. The number of hydrogen-bond acceptors (Lipinski definition) is 6. The Kier molecular flexibility index (Phi) is 4.38. The maximum Gasteiger partial charge on any atom is 0.242 e. The third-order valence-electron chi connectivity index (χ3n) is 5.05. The SMILES string of the molecule is CSc1cc2c(s1)C1(OCC2)OCCc2cc(-c3ccc(C#N)cc3)sc21. The van der Waals surface area contributed by atoms with E-state index in [1.807, 2.05) is 24.3 Å². The van der Waals surface area contributed by atoms with Gasteiger partial charge in [0, 0.05) is 4.88 Å². The van der Waals surface area contributed by atoms with E-state index in [2.05, 4.69) is 24.5 Å². The van der Waals surface area contributed by atoms with Gasteiger partial charge in [0.25, 0.3) is 0 Å². The molecule has 2 aromatic heterocycles. The van der Waals surface area contributed by atoms with Crippen LogP contribution >= 0.6 is 34.4 Å². The maximum absolute atomic E-state index is 9.03. The topological polar surface area (TPSA) is 42.2 Å². The lowest BCUT2D eigenvalue weighted by Crippen LogP contribution is -2.41. The normalized spacial score (nSPS) is 20.9. The second kappa shape index (κ2) is 6.77. The van der Waals surface area contributed by atoms with Crippen LogP contribution in [0, 0.1) is 11.3 Å². The first-order chi connectivity index (χ1) is 13.2. The molecule has 1 spiro atoms. The van der Waals surface area contributed by atoms with Crippen LogP contribution in [-0.4, -0.2) is 19.5 Å². The number of nitrogens with zero attached hydrogens (tertiary/aromatic N) is 1. The Labute approximate surface area is 170 Å². The van der Waals surface area contributed by atoms with Gasteiger partial charge in [-0.2, -0.15) is 5.26 Å². The standard InChI is InChI=1S/C21H17NO2S3/c1-25-18-11-16-7-9-24-21(20(16)27-18)19-15(6-8-23-21)10-17(26-19)14-4-2-13(12-22)3-5-14/h2-5,10-11H,6-9H2,1H3. The molecular formula is C21H17NO2S3. The summed E-state index contributed by atoms with van der Waals surface area (Å²) in [6, 6.07) is 14.5. The zero-order valence-corrected chi connectivity index (χ0v) is 17.2. The first-order valence-corrected chi connectivity index (χ1v) is 11.7. The summed E-state index contributed by atoms with van der Waals surface area (Å²) >= 11 is 5.33. The lowest BCUT2D eigenvalue weighted by Gasteiger charge is -2.39. The molecule has 1 aromatic carbocycles. The minimum absolute atomic E-state index is 0.669. The van der Waals surface area contributed by atoms with E-state index in [4.69, 9.17) is 14.7 Å². The Morgan fingerprint density at radius 1 is 1.00 bits per heavy atom. The number of benzene rings is 1. The highest BCUT2D eigenvalue weighted by atomic mass is 32.2. The van der Waals surface area contributed by atoms with Crippen LogP contribution in [0.5, 0.6) is 0 Å². The highest BCUT2D eigenvalue weighted by Crippen LogP contribution is 2.52. The van der Waals surface area contributed by atoms with Gasteiger partial charge < -0.3 is 9.47 Å². The Morgan fingerprint density at radius 3 is 2.33 bits per heavy atom. The van der Waals surface area contributed by atoms with E-state index in [0.717, 1.165) is 18.4 Å². The van der Waals surface area contributed by atoms with E-state index >= 15 is 0 Å². The van der Waals surface area contributed by atoms with E-state index in [1.54, 1.807) is 34.4 Å². The molecule has 3 aromatic rings. The van der Waals surface area contributed by atoms with Crippen LogP contribution in [0.25, 0.3) is 10.4 Å². The minimum atomic E-state index is -0.741. The molecule has 0 radical (unpaired) electrons. The largest absolute Gasteiger partial charge is 0.341 e. The Morgan fingerprint density at radius 2 is 1.67 bits per heavy atom. The molecule has 2 aliphatic rings. The zero-order valence-electron chi connectivity index (χ0n) is 14.8. The first kappa shape index (κ1) is 17.5. The van der Waals surface area contributed by atoms with Crippen LogP contribution < -0.4 is 0 Å². The molecule has 0 amide bonds. The molecule has 0 saturated heterocycles. The predicted octanol–water partition coefficient (Wildman–Crippen LogP) is 5.42. The van der Waals surface area contributed by atoms with Crippen molar-refractivity contribution in [3.05, 3.63) is 62.8 Å². The summed E-state index contributed by atoms with van der Waals surface area (Å²) in [6.45, 7) is 1.35. The van der Waals surface area contributed by atoms with Crippen molar-refractivity contribution >= 4 is 34.4 Å². The predicted molar refractivity (Wildman–Crippen MR) is 111 cm³/mol. The van der Waals surface area contributed by atoms with Gasteiger partial charge in [-0.15, -0.1) is 34.4 Å². The summed E-state index contributed by atoms with van der Waals surface area (Å²) in [7, 11) is 0. The average molecular weight is 412 g/mol. The molecule has 3 nitrogen and oxygen atoms in total. The van der Waals surface area contributed by atoms with Crippen molar-refractivity contribution < 1.29 is 9.47 Å². The van der Waals surface area contributed by atoms with Crippen molar-refractivity contribution in [1.29, 1.82) is 5.26 Å². The summed E-state index contributed by atoms with van der Waals surface area (Å²) in [5.41, 5.74) is 4.49. The lowest BCUT2D eigenvalue weighted by atomic mass is 9.97. The highest BCUT2D eigenvalue weighted by Gasteiger charge is 2.47. The van der Waals surface area contributed by atoms with Crippen LogP contribution in [0.15, 0.2) is 40.6 Å². The molecule has 4 heterocycles. The first-order valence-electron chi connectivity index (χ1n) is 8.82. The molecule has 0 N–H and O–H groups in total. The average Bonchev–Trinajstić information content (AvgIpc) is 3.34. The number of rotatable bonds is 2. The van der Waals surface area contributed by atoms with Gasteiger partial charge in [0.1, 0.15) is 0 Å². The molecule has 27 heavy (non-hydrogen) atoms. The quantitative estimate of drug-likeness (QED) is 0.528. The van der Waals surface area contributed by atoms with E-state index in [-0.39, 0.29) is 0 Å². The Hall–Kier alpha value is -1.62. The van der Waals surface area contributed by atoms with Crippen LogP contribution in [0.3, 0.4) is 0 Å².